The Labute approximate surface area is 89.2 Å². The van der Waals surface area contributed by atoms with Crippen LogP contribution in [0.4, 0.5) is 0 Å². The third-order valence-corrected chi connectivity index (χ3v) is 6.62. The first-order valence-electron chi connectivity index (χ1n) is 5.72. The minimum atomic E-state index is -1.92. The Morgan fingerprint density at radius 3 is 2.29 bits per heavy atom. The molecular weight excluding hydrogens is 192 g/mol. The van der Waals surface area contributed by atoms with E-state index in [-0.39, 0.29) is 0 Å². The Balaban J connectivity index is 2.40. The van der Waals surface area contributed by atoms with E-state index in [2.05, 4.69) is 13.0 Å². The van der Waals surface area contributed by atoms with E-state index >= 15 is 0 Å². The van der Waals surface area contributed by atoms with Crippen molar-refractivity contribution in [1.29, 1.82) is 0 Å². The van der Waals surface area contributed by atoms with Crippen molar-refractivity contribution < 1.29 is 8.85 Å². The largest absolute Gasteiger partial charge is 0.397 e. The third kappa shape index (κ3) is 3.07. The van der Waals surface area contributed by atoms with Gasteiger partial charge in [0.15, 0.2) is 0 Å². The normalized spacial score (nSPS) is 18.2. The van der Waals surface area contributed by atoms with Crippen LogP contribution < -0.4 is 0 Å². The highest BCUT2D eigenvalue weighted by molar-refractivity contribution is 6.71. The molecule has 3 heteroatoms. The zero-order chi connectivity index (χ0) is 10.4. The summed E-state index contributed by atoms with van der Waals surface area (Å²) < 4.78 is 11.3. The van der Waals surface area contributed by atoms with Gasteiger partial charge in [0, 0.05) is 20.3 Å². The van der Waals surface area contributed by atoms with Crippen LogP contribution in [0.15, 0.2) is 0 Å². The van der Waals surface area contributed by atoms with Crippen molar-refractivity contribution in [3.05, 3.63) is 6.04 Å². The van der Waals surface area contributed by atoms with Crippen LogP contribution in [0, 0.1) is 12.0 Å². The summed E-state index contributed by atoms with van der Waals surface area (Å²) in [5.41, 5.74) is 0. The fraction of sp³-hybridized carbons (Fsp3) is 0.909. The molecule has 1 radical (unpaired) electrons. The molecular formula is C11H23O2Si. The Bertz CT molecular complexity index is 153. The predicted octanol–water partition coefficient (Wildman–Crippen LogP) is 3.07. The van der Waals surface area contributed by atoms with Crippen molar-refractivity contribution in [1.82, 2.24) is 0 Å². The Kier molecular flexibility index (Phi) is 5.13. The molecule has 0 saturated heterocycles. The lowest BCUT2D eigenvalue weighted by Crippen LogP contribution is -2.44. The standard InChI is InChI=1S/C11H23O2Si/c1-4-5-9-14(12-2,13-3)10-11-7-6-8-11/h10-11H,4-9H2,1-3H3. The molecule has 0 aromatic heterocycles. The second-order valence-corrected chi connectivity index (χ2v) is 7.45. The van der Waals surface area contributed by atoms with Gasteiger partial charge in [-0.15, -0.1) is 0 Å². The van der Waals surface area contributed by atoms with Gasteiger partial charge in [-0.05, 0) is 12.0 Å². The third-order valence-electron chi connectivity index (χ3n) is 3.21. The van der Waals surface area contributed by atoms with Gasteiger partial charge in [-0.3, -0.25) is 0 Å². The van der Waals surface area contributed by atoms with E-state index in [9.17, 15) is 0 Å². The molecule has 1 fully saturated rings. The first-order chi connectivity index (χ1) is 6.76. The molecule has 14 heavy (non-hydrogen) atoms. The smallest absolute Gasteiger partial charge is 0.341 e. The molecule has 0 amide bonds. The van der Waals surface area contributed by atoms with Gasteiger partial charge >= 0.3 is 8.56 Å². The fourth-order valence-electron chi connectivity index (χ4n) is 1.90. The summed E-state index contributed by atoms with van der Waals surface area (Å²) in [6.07, 6.45) is 6.51. The zero-order valence-corrected chi connectivity index (χ0v) is 10.7. The molecule has 0 bridgehead atoms. The van der Waals surface area contributed by atoms with E-state index in [1.807, 2.05) is 0 Å². The number of rotatable bonds is 7. The highest BCUT2D eigenvalue weighted by atomic mass is 28.4. The van der Waals surface area contributed by atoms with Crippen molar-refractivity contribution >= 4 is 8.56 Å². The van der Waals surface area contributed by atoms with Crippen LogP contribution in [0.5, 0.6) is 0 Å². The lowest BCUT2D eigenvalue weighted by molar-refractivity contribution is 0.234. The van der Waals surface area contributed by atoms with E-state index in [0.717, 1.165) is 12.0 Å². The summed E-state index contributed by atoms with van der Waals surface area (Å²) in [6.45, 7) is 2.22. The molecule has 1 rings (SSSR count). The second-order valence-electron chi connectivity index (χ2n) is 4.18. The number of unbranched alkanes of at least 4 members (excludes halogenated alkanes) is 1. The maximum atomic E-state index is 5.66. The average molecular weight is 215 g/mol. The van der Waals surface area contributed by atoms with Crippen LogP contribution >= 0.6 is 0 Å². The summed E-state index contributed by atoms with van der Waals surface area (Å²) in [6, 6.07) is 3.53. The van der Waals surface area contributed by atoms with Crippen LogP contribution in [0.25, 0.3) is 0 Å². The molecule has 1 saturated carbocycles. The van der Waals surface area contributed by atoms with Crippen LogP contribution in [0.1, 0.15) is 39.0 Å². The molecule has 0 spiro atoms. The lowest BCUT2D eigenvalue weighted by atomic mass is 9.87. The van der Waals surface area contributed by atoms with Gasteiger partial charge in [0.05, 0.1) is 0 Å². The monoisotopic (exact) mass is 215 g/mol. The molecule has 2 nitrogen and oxygen atoms in total. The van der Waals surface area contributed by atoms with E-state index < -0.39 is 8.56 Å². The van der Waals surface area contributed by atoms with Crippen molar-refractivity contribution in [3.63, 3.8) is 0 Å². The zero-order valence-electron chi connectivity index (χ0n) is 9.71. The molecule has 0 N–H and O–H groups in total. The first-order valence-corrected chi connectivity index (χ1v) is 7.82. The average Bonchev–Trinajstić information content (AvgIpc) is 2.17. The van der Waals surface area contributed by atoms with E-state index in [1.165, 1.54) is 32.1 Å². The summed E-state index contributed by atoms with van der Waals surface area (Å²) in [4.78, 5) is 0. The maximum Gasteiger partial charge on any atom is 0.341 e. The van der Waals surface area contributed by atoms with Gasteiger partial charge in [0.25, 0.3) is 0 Å². The van der Waals surface area contributed by atoms with Crippen molar-refractivity contribution in [3.8, 4) is 0 Å². The van der Waals surface area contributed by atoms with Crippen molar-refractivity contribution in [2.45, 2.75) is 45.1 Å². The molecule has 1 aliphatic rings. The maximum absolute atomic E-state index is 5.66. The Hall–Kier alpha value is 0.137. The summed E-state index contributed by atoms with van der Waals surface area (Å²) in [5.74, 6) is 0.776. The van der Waals surface area contributed by atoms with Crippen LogP contribution in [-0.2, 0) is 8.85 Å². The Morgan fingerprint density at radius 2 is 1.93 bits per heavy atom. The molecule has 0 heterocycles. The minimum absolute atomic E-state index is 0.776. The van der Waals surface area contributed by atoms with E-state index in [4.69, 9.17) is 8.85 Å². The summed E-state index contributed by atoms with van der Waals surface area (Å²) >= 11 is 0. The van der Waals surface area contributed by atoms with E-state index in [0.29, 0.717) is 0 Å². The van der Waals surface area contributed by atoms with Gasteiger partial charge in [-0.1, -0.05) is 39.0 Å². The molecule has 0 atom stereocenters. The molecule has 0 aliphatic heterocycles. The lowest BCUT2D eigenvalue weighted by Gasteiger charge is -2.34. The quantitative estimate of drug-likeness (QED) is 0.608. The van der Waals surface area contributed by atoms with Crippen LogP contribution in [-0.4, -0.2) is 22.8 Å². The van der Waals surface area contributed by atoms with E-state index in [1.54, 1.807) is 14.2 Å². The predicted molar refractivity (Wildman–Crippen MR) is 61.1 cm³/mol. The summed E-state index contributed by atoms with van der Waals surface area (Å²) in [7, 11) is 1.69. The van der Waals surface area contributed by atoms with Crippen LogP contribution in [0.2, 0.25) is 6.04 Å². The van der Waals surface area contributed by atoms with Crippen molar-refractivity contribution in [2.24, 2.45) is 5.92 Å². The first kappa shape index (κ1) is 12.2. The minimum Gasteiger partial charge on any atom is -0.397 e. The molecule has 1 aliphatic carbocycles. The SMILES string of the molecule is CCCC[Si]([CH]C1CCC1)(OC)OC. The fourth-order valence-corrected chi connectivity index (χ4v) is 4.81. The Morgan fingerprint density at radius 1 is 1.29 bits per heavy atom. The molecule has 83 valence electrons. The second kappa shape index (κ2) is 5.88. The van der Waals surface area contributed by atoms with Crippen LogP contribution in [0.3, 0.4) is 0 Å². The van der Waals surface area contributed by atoms with Gasteiger partial charge in [0.2, 0.25) is 0 Å². The van der Waals surface area contributed by atoms with Gasteiger partial charge in [-0.25, -0.2) is 0 Å². The van der Waals surface area contributed by atoms with Gasteiger partial charge < -0.3 is 8.85 Å². The highest BCUT2D eigenvalue weighted by Gasteiger charge is 2.39. The molecule has 0 unspecified atom stereocenters. The molecule has 0 aromatic carbocycles. The summed E-state index contributed by atoms with van der Waals surface area (Å²) in [5, 5.41) is 0. The number of hydrogen-bond acceptors (Lipinski definition) is 2. The molecule has 0 aromatic rings. The number of hydrogen-bond donors (Lipinski definition) is 0. The van der Waals surface area contributed by atoms with Gasteiger partial charge in [-0.2, -0.15) is 0 Å². The van der Waals surface area contributed by atoms with Crippen molar-refractivity contribution in [2.75, 3.05) is 14.2 Å². The highest BCUT2D eigenvalue weighted by Crippen LogP contribution is 2.34. The topological polar surface area (TPSA) is 18.5 Å². The van der Waals surface area contributed by atoms with Gasteiger partial charge in [0.1, 0.15) is 0 Å².